The molecule has 1 nitrogen and oxygen atoms in total. The van der Waals surface area contributed by atoms with Crippen molar-refractivity contribution >= 4 is 50.1 Å². The summed E-state index contributed by atoms with van der Waals surface area (Å²) in [5, 5.41) is 3.54. The van der Waals surface area contributed by atoms with E-state index in [0.717, 1.165) is 22.1 Å². The summed E-state index contributed by atoms with van der Waals surface area (Å²) in [6.45, 7) is 2.90. The smallest absolute Gasteiger partial charge is 0.148 e. The summed E-state index contributed by atoms with van der Waals surface area (Å²) < 4.78 is 16.2. The molecule has 2 aromatic carbocycles. The molecule has 2 rings (SSSR count). The summed E-state index contributed by atoms with van der Waals surface area (Å²) in [5.74, 6) is -0.376. The van der Waals surface area contributed by atoms with Gasteiger partial charge in [0.25, 0.3) is 0 Å². The van der Waals surface area contributed by atoms with Crippen LogP contribution in [0.1, 0.15) is 30.5 Å². The van der Waals surface area contributed by atoms with Gasteiger partial charge in [-0.15, -0.1) is 0 Å². The maximum absolute atomic E-state index is 14.6. The van der Waals surface area contributed by atoms with Gasteiger partial charge in [-0.2, -0.15) is 0 Å². The van der Waals surface area contributed by atoms with Crippen LogP contribution < -0.4 is 5.32 Å². The van der Waals surface area contributed by atoms with E-state index in [4.69, 9.17) is 11.6 Å². The van der Waals surface area contributed by atoms with Crippen LogP contribution in [0.15, 0.2) is 40.9 Å². The van der Waals surface area contributed by atoms with Crippen LogP contribution in [0.25, 0.3) is 0 Å². The molecular formula is C16H15BrClFIN. The molecule has 5 heteroatoms. The van der Waals surface area contributed by atoms with Gasteiger partial charge in [-0.1, -0.05) is 42.8 Å². The first-order valence-corrected chi connectivity index (χ1v) is 8.92. The van der Waals surface area contributed by atoms with Gasteiger partial charge >= 0.3 is 0 Å². The van der Waals surface area contributed by atoms with Crippen LogP contribution in [0.2, 0.25) is 5.02 Å². The van der Waals surface area contributed by atoms with Gasteiger partial charge in [0.15, 0.2) is 0 Å². The molecule has 2 aromatic rings. The van der Waals surface area contributed by atoms with E-state index in [1.807, 2.05) is 24.3 Å². The van der Waals surface area contributed by atoms with Crippen molar-refractivity contribution in [2.75, 3.05) is 6.54 Å². The van der Waals surface area contributed by atoms with Crippen molar-refractivity contribution in [2.24, 2.45) is 0 Å². The number of rotatable bonds is 5. The third-order valence-corrected chi connectivity index (χ3v) is 5.43. The maximum atomic E-state index is 14.6. The molecule has 0 saturated heterocycles. The highest BCUT2D eigenvalue weighted by molar-refractivity contribution is 14.1. The Labute approximate surface area is 151 Å². The van der Waals surface area contributed by atoms with E-state index in [1.165, 1.54) is 0 Å². The average Bonchev–Trinajstić information content (AvgIpc) is 2.48. The van der Waals surface area contributed by atoms with Gasteiger partial charge in [0.1, 0.15) is 5.82 Å². The molecule has 0 spiro atoms. The summed E-state index contributed by atoms with van der Waals surface area (Å²) in [6.07, 6.45) is 0.978. The van der Waals surface area contributed by atoms with Gasteiger partial charge in [0.05, 0.1) is 11.1 Å². The monoisotopic (exact) mass is 481 g/mol. The molecule has 0 fully saturated rings. The van der Waals surface area contributed by atoms with E-state index >= 15 is 0 Å². The normalized spacial score (nSPS) is 12.4. The van der Waals surface area contributed by atoms with Gasteiger partial charge in [-0.05, 0) is 69.2 Å². The summed E-state index contributed by atoms with van der Waals surface area (Å²) in [5.41, 5.74) is 1.63. The largest absolute Gasteiger partial charge is 0.306 e. The highest BCUT2D eigenvalue weighted by Crippen LogP contribution is 2.34. The lowest BCUT2D eigenvalue weighted by Crippen LogP contribution is -2.25. The Balaban J connectivity index is 2.51. The van der Waals surface area contributed by atoms with Crippen molar-refractivity contribution in [2.45, 2.75) is 19.4 Å². The molecule has 0 aromatic heterocycles. The minimum atomic E-state index is -0.376. The Morgan fingerprint density at radius 3 is 2.62 bits per heavy atom. The number of halogens is 4. The third kappa shape index (κ3) is 3.97. The van der Waals surface area contributed by atoms with Gasteiger partial charge < -0.3 is 5.32 Å². The standard InChI is InChI=1S/C16H15BrClFIN/c1-2-9-21-16(10-5-3-4-6-13(10)20)11-7-8-12(17)14(18)15(11)19/h3-8,16,21H,2,9H2,1H3. The maximum Gasteiger partial charge on any atom is 0.148 e. The van der Waals surface area contributed by atoms with Crippen molar-refractivity contribution in [1.29, 1.82) is 0 Å². The van der Waals surface area contributed by atoms with Crippen LogP contribution >= 0.6 is 50.1 Å². The van der Waals surface area contributed by atoms with Gasteiger partial charge in [-0.25, -0.2) is 4.39 Å². The Morgan fingerprint density at radius 1 is 1.24 bits per heavy atom. The minimum Gasteiger partial charge on any atom is -0.306 e. The fraction of sp³-hybridized carbons (Fsp3) is 0.250. The number of hydrogen-bond acceptors (Lipinski definition) is 1. The first-order chi connectivity index (χ1) is 10.1. The second-order valence-corrected chi connectivity index (χ2v) is 7.07. The number of hydrogen-bond donors (Lipinski definition) is 1. The zero-order valence-electron chi connectivity index (χ0n) is 11.5. The summed E-state index contributed by atoms with van der Waals surface area (Å²) in [6, 6.07) is 11.4. The van der Waals surface area contributed by atoms with Crippen molar-refractivity contribution < 1.29 is 4.39 Å². The second kappa shape index (κ2) is 7.90. The zero-order valence-corrected chi connectivity index (χ0v) is 16.0. The lowest BCUT2D eigenvalue weighted by molar-refractivity contribution is 0.545. The highest BCUT2D eigenvalue weighted by atomic mass is 127. The van der Waals surface area contributed by atoms with Crippen molar-refractivity contribution in [3.63, 3.8) is 0 Å². The molecule has 0 aliphatic carbocycles. The highest BCUT2D eigenvalue weighted by Gasteiger charge is 2.21. The van der Waals surface area contributed by atoms with E-state index < -0.39 is 0 Å². The molecule has 0 radical (unpaired) electrons. The Morgan fingerprint density at radius 2 is 1.95 bits per heavy atom. The molecule has 1 atom stereocenters. The van der Waals surface area contributed by atoms with Crippen molar-refractivity contribution in [3.8, 4) is 0 Å². The third-order valence-electron chi connectivity index (χ3n) is 3.19. The molecule has 0 aliphatic heterocycles. The van der Waals surface area contributed by atoms with Crippen molar-refractivity contribution in [3.05, 3.63) is 66.4 Å². The van der Waals surface area contributed by atoms with Crippen LogP contribution in [0.5, 0.6) is 0 Å². The fourth-order valence-electron chi connectivity index (χ4n) is 2.15. The summed E-state index contributed by atoms with van der Waals surface area (Å²) >= 11 is 11.6. The minimum absolute atomic E-state index is 0.127. The second-order valence-electron chi connectivity index (χ2n) is 4.67. The van der Waals surface area contributed by atoms with E-state index in [2.05, 4.69) is 50.8 Å². The van der Waals surface area contributed by atoms with E-state index in [0.29, 0.717) is 10.0 Å². The van der Waals surface area contributed by atoms with Gasteiger partial charge in [0.2, 0.25) is 0 Å². The Kier molecular flexibility index (Phi) is 6.47. The predicted molar refractivity (Wildman–Crippen MR) is 98.4 cm³/mol. The summed E-state index contributed by atoms with van der Waals surface area (Å²) in [4.78, 5) is 0. The lowest BCUT2D eigenvalue weighted by Gasteiger charge is -2.22. The summed E-state index contributed by atoms with van der Waals surface area (Å²) in [7, 11) is 0. The van der Waals surface area contributed by atoms with E-state index in [1.54, 1.807) is 12.1 Å². The Bertz CT molecular complexity index is 636. The van der Waals surface area contributed by atoms with E-state index in [-0.39, 0.29) is 16.9 Å². The van der Waals surface area contributed by atoms with Crippen LogP contribution in [-0.4, -0.2) is 6.54 Å². The predicted octanol–water partition coefficient (Wildman–Crippen LogP) is 5.94. The zero-order chi connectivity index (χ0) is 15.4. The molecule has 0 saturated carbocycles. The SMILES string of the molecule is CCCNC(c1ccccc1I)c1ccc(Br)c(Cl)c1F. The van der Waals surface area contributed by atoms with Crippen LogP contribution in [0.3, 0.4) is 0 Å². The molecule has 0 heterocycles. The molecule has 0 aliphatic rings. The van der Waals surface area contributed by atoms with E-state index in [9.17, 15) is 4.39 Å². The quantitative estimate of drug-likeness (QED) is 0.411. The molecular weight excluding hydrogens is 467 g/mol. The number of nitrogens with one attached hydrogen (secondary N) is 1. The fourth-order valence-corrected chi connectivity index (χ4v) is 3.33. The molecule has 112 valence electrons. The Hall–Kier alpha value is -0.170. The molecule has 1 N–H and O–H groups in total. The molecule has 21 heavy (non-hydrogen) atoms. The molecule has 0 amide bonds. The first-order valence-electron chi connectivity index (χ1n) is 6.67. The van der Waals surface area contributed by atoms with Crippen LogP contribution in [0.4, 0.5) is 4.39 Å². The molecule has 0 bridgehead atoms. The lowest BCUT2D eigenvalue weighted by atomic mass is 9.98. The van der Waals surface area contributed by atoms with Gasteiger partial charge in [-0.3, -0.25) is 0 Å². The van der Waals surface area contributed by atoms with Crippen LogP contribution in [0, 0.1) is 9.39 Å². The average molecular weight is 483 g/mol. The van der Waals surface area contributed by atoms with Crippen LogP contribution in [-0.2, 0) is 0 Å². The van der Waals surface area contributed by atoms with Crippen molar-refractivity contribution in [1.82, 2.24) is 5.32 Å². The molecule has 1 unspecified atom stereocenters. The van der Waals surface area contributed by atoms with Gasteiger partial charge in [0, 0.05) is 13.6 Å². The number of benzene rings is 2. The topological polar surface area (TPSA) is 12.0 Å². The first kappa shape index (κ1) is 17.2.